The number of hydrogen-bond donors (Lipinski definition) is 1. The van der Waals surface area contributed by atoms with Gasteiger partial charge in [-0.25, -0.2) is 9.67 Å². The molecule has 3 rings (SSSR count). The molecule has 1 saturated heterocycles. The standard InChI is InChI=1S/C18H26N4O2/c1-14-7-15(2)9-18(8-14)24-11-17(23)10-21-5-3-16(4-6-21)22-13-19-12-20-22/h7-9,12-13,16-17,23H,3-6,10-11H2,1-2H3. The summed E-state index contributed by atoms with van der Waals surface area (Å²) in [4.78, 5) is 6.31. The number of β-amino-alcohol motifs (C(OH)–C–C–N with tert-alkyl or cyclic N) is 1. The van der Waals surface area contributed by atoms with Crippen LogP contribution >= 0.6 is 0 Å². The van der Waals surface area contributed by atoms with Crippen LogP contribution in [0.1, 0.15) is 30.0 Å². The number of nitrogens with zero attached hydrogens (tertiary/aromatic N) is 4. The minimum absolute atomic E-state index is 0.325. The molecule has 1 aromatic heterocycles. The summed E-state index contributed by atoms with van der Waals surface area (Å²) in [5, 5.41) is 14.5. The van der Waals surface area contributed by atoms with E-state index in [1.165, 1.54) is 11.1 Å². The van der Waals surface area contributed by atoms with E-state index in [2.05, 4.69) is 34.9 Å². The first-order chi connectivity index (χ1) is 11.6. The lowest BCUT2D eigenvalue weighted by Crippen LogP contribution is -2.41. The van der Waals surface area contributed by atoms with Crippen LogP contribution in [0.2, 0.25) is 0 Å². The molecule has 1 aromatic carbocycles. The summed E-state index contributed by atoms with van der Waals surface area (Å²) in [6.45, 7) is 7.00. The van der Waals surface area contributed by atoms with Crippen molar-refractivity contribution in [1.29, 1.82) is 0 Å². The first-order valence-electron chi connectivity index (χ1n) is 8.56. The molecule has 1 fully saturated rings. The monoisotopic (exact) mass is 330 g/mol. The second kappa shape index (κ2) is 7.77. The number of aliphatic hydroxyl groups excluding tert-OH is 1. The van der Waals surface area contributed by atoms with Crippen LogP contribution < -0.4 is 4.74 Å². The lowest BCUT2D eigenvalue weighted by molar-refractivity contribution is 0.0550. The van der Waals surface area contributed by atoms with E-state index >= 15 is 0 Å². The van der Waals surface area contributed by atoms with E-state index < -0.39 is 6.10 Å². The minimum atomic E-state index is -0.478. The quantitative estimate of drug-likeness (QED) is 0.877. The summed E-state index contributed by atoms with van der Waals surface area (Å²) in [7, 11) is 0. The third kappa shape index (κ3) is 4.55. The molecule has 0 spiro atoms. The summed E-state index contributed by atoms with van der Waals surface area (Å²) in [6.07, 6.45) is 4.96. The molecular formula is C18H26N4O2. The number of likely N-dealkylation sites (tertiary alicyclic amines) is 1. The zero-order valence-corrected chi connectivity index (χ0v) is 14.4. The van der Waals surface area contributed by atoms with Gasteiger partial charge in [-0.05, 0) is 49.9 Å². The van der Waals surface area contributed by atoms with Gasteiger partial charge < -0.3 is 14.7 Å². The van der Waals surface area contributed by atoms with Gasteiger partial charge in [0.1, 0.15) is 31.1 Å². The van der Waals surface area contributed by atoms with E-state index in [-0.39, 0.29) is 0 Å². The van der Waals surface area contributed by atoms with Crippen LogP contribution in [-0.2, 0) is 0 Å². The fraction of sp³-hybridized carbons (Fsp3) is 0.556. The Bertz CT molecular complexity index is 616. The zero-order valence-electron chi connectivity index (χ0n) is 14.4. The van der Waals surface area contributed by atoms with Gasteiger partial charge in [0.25, 0.3) is 0 Å². The van der Waals surface area contributed by atoms with Crippen molar-refractivity contribution in [3.05, 3.63) is 42.0 Å². The molecule has 2 aromatic rings. The summed E-state index contributed by atoms with van der Waals surface area (Å²) in [6, 6.07) is 6.54. The average Bonchev–Trinajstić information content (AvgIpc) is 3.07. The van der Waals surface area contributed by atoms with Crippen LogP contribution in [0, 0.1) is 13.8 Å². The summed E-state index contributed by atoms with van der Waals surface area (Å²) in [5.74, 6) is 0.830. The Balaban J connectivity index is 1.42. The molecule has 2 heterocycles. The molecule has 0 bridgehead atoms. The van der Waals surface area contributed by atoms with Gasteiger partial charge in [-0.2, -0.15) is 5.10 Å². The zero-order chi connectivity index (χ0) is 16.9. The Kier molecular flexibility index (Phi) is 5.48. The van der Waals surface area contributed by atoms with Gasteiger partial charge in [0.2, 0.25) is 0 Å². The van der Waals surface area contributed by atoms with E-state index in [0.29, 0.717) is 19.2 Å². The number of benzene rings is 1. The molecule has 0 saturated carbocycles. The van der Waals surface area contributed by atoms with Crippen molar-refractivity contribution in [1.82, 2.24) is 19.7 Å². The second-order valence-corrected chi connectivity index (χ2v) is 6.70. The minimum Gasteiger partial charge on any atom is -0.491 e. The molecule has 0 aliphatic carbocycles. The van der Waals surface area contributed by atoms with E-state index in [1.54, 1.807) is 12.7 Å². The van der Waals surface area contributed by atoms with Crippen molar-refractivity contribution in [2.24, 2.45) is 0 Å². The largest absolute Gasteiger partial charge is 0.491 e. The lowest BCUT2D eigenvalue weighted by Gasteiger charge is -2.32. The van der Waals surface area contributed by atoms with Crippen molar-refractivity contribution >= 4 is 0 Å². The fourth-order valence-electron chi connectivity index (χ4n) is 3.33. The number of aliphatic hydroxyl groups is 1. The molecule has 130 valence electrons. The van der Waals surface area contributed by atoms with Crippen molar-refractivity contribution in [2.45, 2.75) is 38.8 Å². The molecule has 24 heavy (non-hydrogen) atoms. The van der Waals surface area contributed by atoms with Gasteiger partial charge in [0, 0.05) is 19.6 Å². The smallest absolute Gasteiger partial charge is 0.137 e. The highest BCUT2D eigenvalue weighted by Gasteiger charge is 2.22. The van der Waals surface area contributed by atoms with Gasteiger partial charge >= 0.3 is 0 Å². The maximum atomic E-state index is 10.3. The Morgan fingerprint density at radius 3 is 2.54 bits per heavy atom. The van der Waals surface area contributed by atoms with Crippen LogP contribution in [0.25, 0.3) is 0 Å². The van der Waals surface area contributed by atoms with Gasteiger partial charge in [-0.1, -0.05) is 6.07 Å². The highest BCUT2D eigenvalue weighted by Crippen LogP contribution is 2.21. The predicted molar refractivity (Wildman–Crippen MR) is 92.2 cm³/mol. The van der Waals surface area contributed by atoms with E-state index in [1.807, 2.05) is 16.8 Å². The van der Waals surface area contributed by atoms with Gasteiger partial charge in [0.05, 0.1) is 6.04 Å². The molecule has 1 aliphatic rings. The fourth-order valence-corrected chi connectivity index (χ4v) is 3.33. The van der Waals surface area contributed by atoms with Crippen LogP contribution in [0.5, 0.6) is 5.75 Å². The first kappa shape index (κ1) is 16.9. The summed E-state index contributed by atoms with van der Waals surface area (Å²) < 4.78 is 7.69. The van der Waals surface area contributed by atoms with Crippen molar-refractivity contribution in [3.8, 4) is 5.75 Å². The maximum absolute atomic E-state index is 10.3. The van der Waals surface area contributed by atoms with Gasteiger partial charge in [-0.15, -0.1) is 0 Å². The molecule has 0 radical (unpaired) electrons. The predicted octanol–water partition coefficient (Wildman–Crippen LogP) is 1.97. The Morgan fingerprint density at radius 2 is 1.92 bits per heavy atom. The lowest BCUT2D eigenvalue weighted by atomic mass is 10.1. The van der Waals surface area contributed by atoms with Crippen molar-refractivity contribution in [2.75, 3.05) is 26.2 Å². The molecule has 1 unspecified atom stereocenters. The number of aromatic nitrogens is 3. The number of piperidine rings is 1. The van der Waals surface area contributed by atoms with Gasteiger partial charge in [-0.3, -0.25) is 0 Å². The molecule has 6 nitrogen and oxygen atoms in total. The molecule has 1 N–H and O–H groups in total. The number of ether oxygens (including phenoxy) is 1. The molecular weight excluding hydrogens is 304 g/mol. The summed E-state index contributed by atoms with van der Waals surface area (Å²) >= 11 is 0. The van der Waals surface area contributed by atoms with E-state index in [4.69, 9.17) is 4.74 Å². The molecule has 1 atom stereocenters. The Labute approximate surface area is 143 Å². The highest BCUT2D eigenvalue weighted by atomic mass is 16.5. The highest BCUT2D eigenvalue weighted by molar-refractivity contribution is 5.32. The van der Waals surface area contributed by atoms with Crippen LogP contribution in [0.15, 0.2) is 30.9 Å². The number of hydrogen-bond acceptors (Lipinski definition) is 5. The molecule has 0 amide bonds. The van der Waals surface area contributed by atoms with E-state index in [0.717, 1.165) is 31.7 Å². The number of rotatable bonds is 6. The first-order valence-corrected chi connectivity index (χ1v) is 8.56. The van der Waals surface area contributed by atoms with E-state index in [9.17, 15) is 5.11 Å². The molecule has 6 heteroatoms. The normalized spacial score (nSPS) is 17.8. The topological polar surface area (TPSA) is 63.4 Å². The van der Waals surface area contributed by atoms with Crippen LogP contribution in [-0.4, -0.2) is 57.1 Å². The second-order valence-electron chi connectivity index (χ2n) is 6.70. The summed E-state index contributed by atoms with van der Waals surface area (Å²) in [5.41, 5.74) is 2.35. The van der Waals surface area contributed by atoms with Gasteiger partial charge in [0.15, 0.2) is 0 Å². The SMILES string of the molecule is Cc1cc(C)cc(OCC(O)CN2CCC(n3cncn3)CC2)c1. The van der Waals surface area contributed by atoms with Crippen molar-refractivity contribution in [3.63, 3.8) is 0 Å². The maximum Gasteiger partial charge on any atom is 0.137 e. The third-order valence-corrected chi connectivity index (χ3v) is 4.47. The van der Waals surface area contributed by atoms with Crippen molar-refractivity contribution < 1.29 is 9.84 Å². The molecule has 1 aliphatic heterocycles. The third-order valence-electron chi connectivity index (χ3n) is 4.47. The van der Waals surface area contributed by atoms with Crippen LogP contribution in [0.4, 0.5) is 0 Å². The average molecular weight is 330 g/mol. The number of aryl methyl sites for hydroxylation is 2. The Morgan fingerprint density at radius 1 is 1.21 bits per heavy atom. The van der Waals surface area contributed by atoms with Crippen LogP contribution in [0.3, 0.4) is 0 Å². The Hall–Kier alpha value is -1.92.